The fourth-order valence-corrected chi connectivity index (χ4v) is 4.22. The smallest absolute Gasteiger partial charge is 0.434 e. The average Bonchev–Trinajstić information content (AvgIpc) is 3.32. The van der Waals surface area contributed by atoms with Gasteiger partial charge in [0.25, 0.3) is 0 Å². The van der Waals surface area contributed by atoms with Gasteiger partial charge in [0, 0.05) is 32.1 Å². The third-order valence-corrected chi connectivity index (χ3v) is 5.80. The molecule has 0 saturated carbocycles. The van der Waals surface area contributed by atoms with Crippen LogP contribution in [0.15, 0.2) is 28.8 Å². The summed E-state index contributed by atoms with van der Waals surface area (Å²) in [6, 6.07) is 5.04. The van der Waals surface area contributed by atoms with Crippen LogP contribution in [0.4, 0.5) is 22.8 Å². The van der Waals surface area contributed by atoms with Crippen molar-refractivity contribution in [3.05, 3.63) is 35.7 Å². The average molecular weight is 514 g/mol. The Balaban J connectivity index is 1.53. The van der Waals surface area contributed by atoms with Gasteiger partial charge >= 0.3 is 24.6 Å². The van der Waals surface area contributed by atoms with E-state index in [9.17, 15) is 22.8 Å². The number of ether oxygens (including phenoxy) is 4. The number of carbonyl (C=O) groups is 2. The molecule has 0 aliphatic carbocycles. The van der Waals surface area contributed by atoms with Crippen molar-refractivity contribution in [2.45, 2.75) is 31.5 Å². The van der Waals surface area contributed by atoms with Gasteiger partial charge in [-0.1, -0.05) is 12.1 Å². The summed E-state index contributed by atoms with van der Waals surface area (Å²) >= 11 is 0. The number of amides is 2. The van der Waals surface area contributed by atoms with Crippen LogP contribution in [0.3, 0.4) is 0 Å². The summed E-state index contributed by atoms with van der Waals surface area (Å²) in [4.78, 5) is 32.3. The Morgan fingerprint density at radius 3 is 2.44 bits per heavy atom. The van der Waals surface area contributed by atoms with Gasteiger partial charge in [-0.3, -0.25) is 0 Å². The molecule has 3 heterocycles. The number of carbonyl (C=O) groups excluding carboxylic acids is 2. The lowest BCUT2D eigenvalue weighted by molar-refractivity contribution is -0.274. The first-order chi connectivity index (χ1) is 17.2. The van der Waals surface area contributed by atoms with Crippen molar-refractivity contribution in [3.8, 4) is 11.8 Å². The molecular formula is C22H25F3N4O7. The number of halogens is 3. The summed E-state index contributed by atoms with van der Waals surface area (Å²) in [5, 5.41) is 3.65. The summed E-state index contributed by atoms with van der Waals surface area (Å²) in [7, 11) is 0. The molecule has 2 aliphatic heterocycles. The Hall–Kier alpha value is -3.55. The second-order valence-corrected chi connectivity index (χ2v) is 8.23. The lowest BCUT2D eigenvalue weighted by Gasteiger charge is -2.40. The zero-order valence-corrected chi connectivity index (χ0v) is 19.4. The van der Waals surface area contributed by atoms with Gasteiger partial charge < -0.3 is 33.3 Å². The third-order valence-electron chi connectivity index (χ3n) is 5.80. The number of nitrogens with zero attached hydrogens (tertiary/aromatic N) is 4. The standard InChI is InChI=1S/C22H25F3N4O7/c1-2-33-21(31)34-19-26-18(36-27-19)16-11-15(14-3-5-17(6-4-14)35-22(23,24)25)12-29(13-16)20(30)28-7-9-32-10-8-28/h3-6,15-16H,2,7-13H2,1H3. The van der Waals surface area contributed by atoms with E-state index < -0.39 is 18.4 Å². The summed E-state index contributed by atoms with van der Waals surface area (Å²) in [5.41, 5.74) is 0.719. The van der Waals surface area contributed by atoms with Crippen LogP contribution < -0.4 is 9.47 Å². The molecule has 2 amide bonds. The first-order valence-corrected chi connectivity index (χ1v) is 11.4. The molecule has 11 nitrogen and oxygen atoms in total. The number of piperidine rings is 1. The number of hydrogen-bond acceptors (Lipinski definition) is 9. The number of alkyl halides is 3. The lowest BCUT2D eigenvalue weighted by atomic mass is 9.84. The van der Waals surface area contributed by atoms with Gasteiger partial charge in [0.15, 0.2) is 0 Å². The van der Waals surface area contributed by atoms with Crippen LogP contribution in [-0.4, -0.2) is 84.5 Å². The zero-order valence-electron chi connectivity index (χ0n) is 19.4. The highest BCUT2D eigenvalue weighted by Gasteiger charge is 2.37. The minimum atomic E-state index is -4.79. The predicted octanol–water partition coefficient (Wildman–Crippen LogP) is 3.53. The molecule has 0 bridgehead atoms. The Morgan fingerprint density at radius 1 is 1.08 bits per heavy atom. The Morgan fingerprint density at radius 2 is 1.78 bits per heavy atom. The van der Waals surface area contributed by atoms with Crippen molar-refractivity contribution in [2.75, 3.05) is 46.0 Å². The highest BCUT2D eigenvalue weighted by molar-refractivity contribution is 5.75. The monoisotopic (exact) mass is 514 g/mol. The van der Waals surface area contributed by atoms with E-state index in [1.807, 2.05) is 0 Å². The molecule has 2 saturated heterocycles. The number of benzene rings is 1. The van der Waals surface area contributed by atoms with Gasteiger partial charge in [-0.25, -0.2) is 9.59 Å². The van der Waals surface area contributed by atoms with E-state index in [2.05, 4.69) is 14.9 Å². The number of rotatable bonds is 5. The maximum absolute atomic E-state index is 13.2. The molecule has 2 atom stereocenters. The van der Waals surface area contributed by atoms with E-state index >= 15 is 0 Å². The molecule has 14 heteroatoms. The van der Waals surface area contributed by atoms with Crippen LogP contribution in [0, 0.1) is 0 Å². The molecule has 4 rings (SSSR count). The number of likely N-dealkylation sites (tertiary alicyclic amines) is 1. The Labute approximate surface area is 204 Å². The number of hydrogen-bond donors (Lipinski definition) is 0. The van der Waals surface area contributed by atoms with Crippen LogP contribution in [-0.2, 0) is 9.47 Å². The molecule has 1 aromatic heterocycles. The van der Waals surface area contributed by atoms with Crippen LogP contribution in [0.25, 0.3) is 0 Å². The summed E-state index contributed by atoms with van der Waals surface area (Å²) < 4.78 is 61.8. The highest BCUT2D eigenvalue weighted by atomic mass is 19.4. The van der Waals surface area contributed by atoms with Gasteiger partial charge in [-0.05, 0) is 36.2 Å². The van der Waals surface area contributed by atoms with Crippen molar-refractivity contribution in [2.24, 2.45) is 0 Å². The Kier molecular flexibility index (Phi) is 7.82. The van der Waals surface area contributed by atoms with Crippen LogP contribution in [0.2, 0.25) is 0 Å². The number of morpholine rings is 1. The van der Waals surface area contributed by atoms with Crippen molar-refractivity contribution in [3.63, 3.8) is 0 Å². The minimum absolute atomic E-state index is 0.110. The molecule has 196 valence electrons. The lowest BCUT2D eigenvalue weighted by Crippen LogP contribution is -2.52. The molecule has 2 unspecified atom stereocenters. The maximum atomic E-state index is 13.2. The minimum Gasteiger partial charge on any atom is -0.434 e. The first-order valence-electron chi connectivity index (χ1n) is 11.4. The molecule has 0 spiro atoms. The van der Waals surface area contributed by atoms with Gasteiger partial charge in [-0.15, -0.1) is 13.2 Å². The zero-order chi connectivity index (χ0) is 25.7. The quantitative estimate of drug-likeness (QED) is 0.553. The van der Waals surface area contributed by atoms with Crippen molar-refractivity contribution in [1.29, 1.82) is 0 Å². The van der Waals surface area contributed by atoms with E-state index in [0.717, 1.165) is 5.56 Å². The van der Waals surface area contributed by atoms with Crippen LogP contribution in [0.5, 0.6) is 11.8 Å². The van der Waals surface area contributed by atoms with E-state index in [4.69, 9.17) is 18.7 Å². The van der Waals surface area contributed by atoms with Crippen LogP contribution >= 0.6 is 0 Å². The van der Waals surface area contributed by atoms with E-state index in [1.54, 1.807) is 16.7 Å². The molecule has 2 aliphatic rings. The number of urea groups is 1. The van der Waals surface area contributed by atoms with Crippen molar-refractivity contribution in [1.82, 2.24) is 19.9 Å². The molecule has 0 N–H and O–H groups in total. The molecule has 2 aromatic rings. The van der Waals surface area contributed by atoms with Crippen LogP contribution in [0.1, 0.15) is 36.6 Å². The largest absolute Gasteiger partial charge is 0.573 e. The highest BCUT2D eigenvalue weighted by Crippen LogP contribution is 2.37. The summed E-state index contributed by atoms with van der Waals surface area (Å²) in [5.74, 6) is -0.824. The molecule has 0 radical (unpaired) electrons. The molecule has 1 aromatic carbocycles. The second kappa shape index (κ2) is 11.0. The van der Waals surface area contributed by atoms with E-state index in [-0.39, 0.29) is 42.8 Å². The van der Waals surface area contributed by atoms with Crippen molar-refractivity contribution >= 4 is 12.2 Å². The number of aromatic nitrogens is 2. The maximum Gasteiger partial charge on any atom is 0.573 e. The summed E-state index contributed by atoms with van der Waals surface area (Å²) in [6.45, 7) is 4.11. The third kappa shape index (κ3) is 6.56. The molecule has 36 heavy (non-hydrogen) atoms. The SMILES string of the molecule is CCOC(=O)Oc1noc(C2CC(c3ccc(OC(F)(F)F)cc3)CN(C(=O)N3CCOCC3)C2)n1. The first kappa shape index (κ1) is 25.5. The normalized spacial score (nSPS) is 20.7. The Bertz CT molecular complexity index is 1040. The van der Waals surface area contributed by atoms with Gasteiger partial charge in [0.05, 0.1) is 25.7 Å². The molecule has 2 fully saturated rings. The van der Waals surface area contributed by atoms with E-state index in [1.165, 1.54) is 24.3 Å². The topological polar surface area (TPSA) is 116 Å². The fourth-order valence-electron chi connectivity index (χ4n) is 4.22. The van der Waals surface area contributed by atoms with Crippen molar-refractivity contribution < 1.29 is 46.2 Å². The van der Waals surface area contributed by atoms with E-state index in [0.29, 0.717) is 39.3 Å². The van der Waals surface area contributed by atoms with Gasteiger partial charge in [-0.2, -0.15) is 4.98 Å². The van der Waals surface area contributed by atoms with Gasteiger partial charge in [0.2, 0.25) is 5.89 Å². The second-order valence-electron chi connectivity index (χ2n) is 8.23. The van der Waals surface area contributed by atoms with Gasteiger partial charge in [0.1, 0.15) is 5.75 Å². The predicted molar refractivity (Wildman–Crippen MR) is 115 cm³/mol. The summed E-state index contributed by atoms with van der Waals surface area (Å²) in [6.07, 6.45) is -5.30. The fraction of sp³-hybridized carbons (Fsp3) is 0.545. The molecular weight excluding hydrogens is 489 g/mol.